The highest BCUT2D eigenvalue weighted by Gasteiger charge is 2.25. The Bertz CT molecular complexity index is 630. The van der Waals surface area contributed by atoms with E-state index in [9.17, 15) is 9.59 Å². The molecule has 126 valence electrons. The van der Waals surface area contributed by atoms with E-state index in [-0.39, 0.29) is 11.5 Å². The monoisotopic (exact) mass is 319 g/mol. The lowest BCUT2D eigenvalue weighted by Gasteiger charge is -2.34. The fraction of sp³-hybridized carbons (Fsp3) is 0.688. The molecule has 1 saturated heterocycles. The van der Waals surface area contributed by atoms with Gasteiger partial charge in [-0.1, -0.05) is 6.92 Å². The quantitative estimate of drug-likeness (QED) is 0.801. The fourth-order valence-electron chi connectivity index (χ4n) is 2.98. The van der Waals surface area contributed by atoms with Crippen LogP contribution in [0.25, 0.3) is 0 Å². The molecule has 1 aromatic rings. The number of rotatable bonds is 5. The van der Waals surface area contributed by atoms with E-state index in [1.807, 2.05) is 13.8 Å². The van der Waals surface area contributed by atoms with Crippen LogP contribution in [-0.4, -0.2) is 59.5 Å². The van der Waals surface area contributed by atoms with Crippen molar-refractivity contribution in [2.75, 3.05) is 37.6 Å². The largest absolute Gasteiger partial charge is 0.352 e. The van der Waals surface area contributed by atoms with Crippen molar-refractivity contribution in [1.82, 2.24) is 20.2 Å². The van der Waals surface area contributed by atoms with Crippen LogP contribution in [0.3, 0.4) is 0 Å². The Morgan fingerprint density at radius 3 is 2.57 bits per heavy atom. The van der Waals surface area contributed by atoms with Gasteiger partial charge in [0, 0.05) is 43.5 Å². The van der Waals surface area contributed by atoms with Gasteiger partial charge in [-0.05, 0) is 26.2 Å². The highest BCUT2D eigenvalue weighted by molar-refractivity contribution is 5.78. The molecule has 0 atom stereocenters. The number of nitrogens with one attached hydrogen (secondary N) is 2. The van der Waals surface area contributed by atoms with Gasteiger partial charge in [0.1, 0.15) is 0 Å². The number of aryl methyl sites for hydroxylation is 1. The van der Waals surface area contributed by atoms with Gasteiger partial charge < -0.3 is 10.2 Å². The highest BCUT2D eigenvalue weighted by atomic mass is 16.2. The van der Waals surface area contributed by atoms with E-state index < -0.39 is 0 Å². The van der Waals surface area contributed by atoms with Crippen molar-refractivity contribution in [1.29, 1.82) is 0 Å². The normalized spacial score (nSPS) is 19.0. The Hall–Kier alpha value is -1.89. The summed E-state index contributed by atoms with van der Waals surface area (Å²) in [7, 11) is 0. The zero-order chi connectivity index (χ0) is 16.4. The predicted octanol–water partition coefficient (Wildman–Crippen LogP) is 0.0413. The van der Waals surface area contributed by atoms with E-state index in [2.05, 4.69) is 25.1 Å². The van der Waals surface area contributed by atoms with Crippen molar-refractivity contribution >= 4 is 11.9 Å². The van der Waals surface area contributed by atoms with Crippen molar-refractivity contribution in [3.63, 3.8) is 0 Å². The summed E-state index contributed by atoms with van der Waals surface area (Å²) in [5.74, 6) is 0.766. The van der Waals surface area contributed by atoms with Crippen molar-refractivity contribution in [3.8, 4) is 0 Å². The number of H-pyrrole nitrogens is 1. The molecular weight excluding hydrogens is 294 g/mol. The van der Waals surface area contributed by atoms with Gasteiger partial charge in [-0.25, -0.2) is 4.98 Å². The number of aromatic nitrogens is 2. The SMILES string of the molecule is CCc1c(C)nc(N2CCN(CC(=O)NC3CC3)CC2)[nH]c1=O. The summed E-state index contributed by atoms with van der Waals surface area (Å²) in [5, 5.41) is 3.02. The first-order valence-corrected chi connectivity index (χ1v) is 8.43. The number of hydrogen-bond acceptors (Lipinski definition) is 5. The topological polar surface area (TPSA) is 81.3 Å². The average molecular weight is 319 g/mol. The summed E-state index contributed by atoms with van der Waals surface area (Å²) < 4.78 is 0. The summed E-state index contributed by atoms with van der Waals surface area (Å²) in [5.41, 5.74) is 1.52. The second-order valence-corrected chi connectivity index (χ2v) is 6.41. The average Bonchev–Trinajstić information content (AvgIpc) is 3.31. The van der Waals surface area contributed by atoms with Gasteiger partial charge in [-0.2, -0.15) is 0 Å². The first-order chi connectivity index (χ1) is 11.1. The summed E-state index contributed by atoms with van der Waals surface area (Å²) in [6.07, 6.45) is 2.93. The number of carbonyl (C=O) groups is 1. The number of hydrogen-bond donors (Lipinski definition) is 2. The number of carbonyl (C=O) groups excluding carboxylic acids is 1. The number of anilines is 1. The first-order valence-electron chi connectivity index (χ1n) is 8.43. The molecule has 1 saturated carbocycles. The Morgan fingerprint density at radius 2 is 2.00 bits per heavy atom. The standard InChI is InChI=1S/C16H25N5O2/c1-3-13-11(2)17-16(19-15(13)23)21-8-6-20(7-9-21)10-14(22)18-12-4-5-12/h12H,3-10H2,1-2H3,(H,18,22)(H,17,19,23). The van der Waals surface area contributed by atoms with E-state index in [0.29, 0.717) is 25.0 Å². The molecule has 1 aliphatic heterocycles. The lowest BCUT2D eigenvalue weighted by atomic mass is 10.2. The Balaban J connectivity index is 1.56. The third-order valence-electron chi connectivity index (χ3n) is 4.54. The van der Waals surface area contributed by atoms with Gasteiger partial charge in [0.15, 0.2) is 0 Å². The van der Waals surface area contributed by atoms with Gasteiger partial charge in [-0.15, -0.1) is 0 Å². The van der Waals surface area contributed by atoms with Gasteiger partial charge >= 0.3 is 0 Å². The van der Waals surface area contributed by atoms with E-state index in [4.69, 9.17) is 0 Å². The molecule has 0 bridgehead atoms. The van der Waals surface area contributed by atoms with E-state index in [1.54, 1.807) is 0 Å². The molecule has 2 N–H and O–H groups in total. The third kappa shape index (κ3) is 3.90. The number of amides is 1. The summed E-state index contributed by atoms with van der Waals surface area (Å²) >= 11 is 0. The molecule has 0 spiro atoms. The summed E-state index contributed by atoms with van der Waals surface area (Å²) in [6.45, 7) is 7.45. The van der Waals surface area contributed by atoms with Crippen LogP contribution >= 0.6 is 0 Å². The second kappa shape index (κ2) is 6.70. The maximum atomic E-state index is 12.1. The minimum atomic E-state index is -0.0405. The first kappa shape index (κ1) is 16.0. The molecule has 7 heteroatoms. The van der Waals surface area contributed by atoms with Crippen LogP contribution in [0.5, 0.6) is 0 Å². The van der Waals surface area contributed by atoms with Gasteiger partial charge in [0.05, 0.1) is 6.54 Å². The minimum Gasteiger partial charge on any atom is -0.352 e. The summed E-state index contributed by atoms with van der Waals surface area (Å²) in [4.78, 5) is 35.6. The van der Waals surface area contributed by atoms with Crippen LogP contribution in [0.4, 0.5) is 5.95 Å². The van der Waals surface area contributed by atoms with Crippen LogP contribution in [0.15, 0.2) is 4.79 Å². The highest BCUT2D eigenvalue weighted by Crippen LogP contribution is 2.18. The lowest BCUT2D eigenvalue weighted by molar-refractivity contribution is -0.122. The van der Waals surface area contributed by atoms with Crippen molar-refractivity contribution in [2.24, 2.45) is 0 Å². The zero-order valence-electron chi connectivity index (χ0n) is 13.9. The molecule has 1 aromatic heterocycles. The van der Waals surface area contributed by atoms with Crippen LogP contribution in [0.2, 0.25) is 0 Å². The molecule has 2 heterocycles. The molecule has 2 aliphatic rings. The van der Waals surface area contributed by atoms with Crippen molar-refractivity contribution < 1.29 is 4.79 Å². The maximum absolute atomic E-state index is 12.1. The van der Waals surface area contributed by atoms with E-state index in [1.165, 1.54) is 0 Å². The number of piperazine rings is 1. The van der Waals surface area contributed by atoms with Crippen LogP contribution < -0.4 is 15.8 Å². The molecule has 1 amide bonds. The maximum Gasteiger partial charge on any atom is 0.255 e. The summed E-state index contributed by atoms with van der Waals surface area (Å²) in [6, 6.07) is 0.415. The minimum absolute atomic E-state index is 0.0405. The molecule has 0 unspecified atom stereocenters. The third-order valence-corrected chi connectivity index (χ3v) is 4.54. The lowest BCUT2D eigenvalue weighted by Crippen LogP contribution is -2.50. The predicted molar refractivity (Wildman–Crippen MR) is 88.8 cm³/mol. The molecule has 2 fully saturated rings. The van der Waals surface area contributed by atoms with E-state index in [0.717, 1.165) is 50.3 Å². The van der Waals surface area contributed by atoms with Crippen LogP contribution in [-0.2, 0) is 11.2 Å². The van der Waals surface area contributed by atoms with Crippen molar-refractivity contribution in [3.05, 3.63) is 21.6 Å². The second-order valence-electron chi connectivity index (χ2n) is 6.41. The van der Waals surface area contributed by atoms with Crippen LogP contribution in [0, 0.1) is 6.92 Å². The molecule has 0 aromatic carbocycles. The zero-order valence-corrected chi connectivity index (χ0v) is 13.9. The molecule has 0 radical (unpaired) electrons. The van der Waals surface area contributed by atoms with E-state index >= 15 is 0 Å². The Morgan fingerprint density at radius 1 is 1.30 bits per heavy atom. The number of aromatic amines is 1. The van der Waals surface area contributed by atoms with Gasteiger partial charge in [-0.3, -0.25) is 19.5 Å². The van der Waals surface area contributed by atoms with Crippen LogP contribution in [0.1, 0.15) is 31.0 Å². The fourth-order valence-corrected chi connectivity index (χ4v) is 2.98. The molecule has 1 aliphatic carbocycles. The Kier molecular flexibility index (Phi) is 4.66. The molecule has 3 rings (SSSR count). The Labute approximate surface area is 136 Å². The smallest absolute Gasteiger partial charge is 0.255 e. The molecular formula is C16H25N5O2. The van der Waals surface area contributed by atoms with Gasteiger partial charge in [0.2, 0.25) is 11.9 Å². The number of nitrogens with zero attached hydrogens (tertiary/aromatic N) is 3. The molecule has 7 nitrogen and oxygen atoms in total. The van der Waals surface area contributed by atoms with Gasteiger partial charge in [0.25, 0.3) is 5.56 Å². The molecule has 23 heavy (non-hydrogen) atoms. The van der Waals surface area contributed by atoms with Crippen molar-refractivity contribution in [2.45, 2.75) is 39.2 Å².